The molecule has 0 aromatic carbocycles. The van der Waals surface area contributed by atoms with E-state index in [0.717, 1.165) is 4.31 Å². The Morgan fingerprint density at radius 1 is 1.50 bits per heavy atom. The Balaban J connectivity index is 3.14. The smallest absolute Gasteiger partial charge is 0.267 e. The van der Waals surface area contributed by atoms with Gasteiger partial charge in [0.15, 0.2) is 0 Å². The summed E-state index contributed by atoms with van der Waals surface area (Å²) in [7, 11) is 0.719. The van der Waals surface area contributed by atoms with Gasteiger partial charge in [-0.1, -0.05) is 0 Å². The van der Waals surface area contributed by atoms with Crippen LogP contribution in [0.15, 0.2) is 17.2 Å². The molecular formula is C12H21N3O4S. The standard InChI is InChI=1S/C12H21N3O4S/c1-12(2,17)8-15(5)20(18,19)9-6-10(11(16)13-3)14(4)7-9/h6-7,17H,8H2,1-5H3,(H,13,16). The third-order valence-corrected chi connectivity index (χ3v) is 4.53. The minimum Gasteiger partial charge on any atom is -0.389 e. The second-order valence-corrected chi connectivity index (χ2v) is 7.37. The van der Waals surface area contributed by atoms with Crippen molar-refractivity contribution in [1.82, 2.24) is 14.2 Å². The second-order valence-electron chi connectivity index (χ2n) is 5.32. The van der Waals surface area contributed by atoms with Crippen LogP contribution in [0.5, 0.6) is 0 Å². The minimum absolute atomic E-state index is 0.0188. The SMILES string of the molecule is CNC(=O)c1cc(S(=O)(=O)N(C)CC(C)(C)O)cn1C. The van der Waals surface area contributed by atoms with Crippen LogP contribution in [0.2, 0.25) is 0 Å². The first-order chi connectivity index (χ1) is 8.99. The number of aryl methyl sites for hydroxylation is 1. The summed E-state index contributed by atoms with van der Waals surface area (Å²) in [5, 5.41) is 12.2. The van der Waals surface area contributed by atoms with E-state index in [-0.39, 0.29) is 23.0 Å². The number of sulfonamides is 1. The Morgan fingerprint density at radius 3 is 2.50 bits per heavy atom. The highest BCUT2D eigenvalue weighted by Crippen LogP contribution is 2.19. The molecule has 1 rings (SSSR count). The molecule has 1 amide bonds. The second kappa shape index (κ2) is 5.55. The summed E-state index contributed by atoms with van der Waals surface area (Å²) in [4.78, 5) is 11.6. The van der Waals surface area contributed by atoms with Crippen LogP contribution in [-0.4, -0.2) is 54.5 Å². The van der Waals surface area contributed by atoms with E-state index in [0.29, 0.717) is 0 Å². The molecule has 2 N–H and O–H groups in total. The van der Waals surface area contributed by atoms with E-state index in [2.05, 4.69) is 5.32 Å². The molecule has 0 saturated heterocycles. The van der Waals surface area contributed by atoms with E-state index < -0.39 is 15.6 Å². The maximum atomic E-state index is 12.4. The molecule has 114 valence electrons. The van der Waals surface area contributed by atoms with Gasteiger partial charge < -0.3 is 15.0 Å². The fraction of sp³-hybridized carbons (Fsp3) is 0.583. The average molecular weight is 303 g/mol. The molecule has 1 aromatic rings. The summed E-state index contributed by atoms with van der Waals surface area (Å²) in [5.74, 6) is -0.362. The van der Waals surface area contributed by atoms with Crippen molar-refractivity contribution in [1.29, 1.82) is 0 Å². The Morgan fingerprint density at radius 2 is 2.05 bits per heavy atom. The molecule has 0 unspecified atom stereocenters. The largest absolute Gasteiger partial charge is 0.389 e. The van der Waals surface area contributed by atoms with E-state index in [9.17, 15) is 18.3 Å². The van der Waals surface area contributed by atoms with E-state index in [1.165, 1.54) is 44.8 Å². The zero-order valence-corrected chi connectivity index (χ0v) is 13.2. The Bertz CT molecular complexity index is 599. The van der Waals surface area contributed by atoms with Crippen LogP contribution in [0.3, 0.4) is 0 Å². The number of nitrogens with one attached hydrogen (secondary N) is 1. The van der Waals surface area contributed by atoms with E-state index in [1.54, 1.807) is 7.05 Å². The molecule has 0 saturated carbocycles. The molecule has 0 aliphatic rings. The van der Waals surface area contributed by atoms with E-state index in [4.69, 9.17) is 0 Å². The van der Waals surface area contributed by atoms with Gasteiger partial charge in [-0.15, -0.1) is 0 Å². The number of rotatable bonds is 5. The van der Waals surface area contributed by atoms with Crippen LogP contribution in [0.4, 0.5) is 0 Å². The third kappa shape index (κ3) is 3.59. The van der Waals surface area contributed by atoms with E-state index >= 15 is 0 Å². The predicted octanol–water partition coefficient (Wildman–Crippen LogP) is -0.224. The van der Waals surface area contributed by atoms with Crippen molar-refractivity contribution in [2.75, 3.05) is 20.6 Å². The first-order valence-electron chi connectivity index (χ1n) is 6.06. The summed E-state index contributed by atoms with van der Waals surface area (Å²) >= 11 is 0. The number of carbonyl (C=O) groups is 1. The number of likely N-dealkylation sites (N-methyl/N-ethyl adjacent to an activating group) is 1. The number of amides is 1. The van der Waals surface area contributed by atoms with Crippen LogP contribution >= 0.6 is 0 Å². The molecular weight excluding hydrogens is 282 g/mol. The molecule has 1 aromatic heterocycles. The quantitative estimate of drug-likeness (QED) is 0.786. The summed E-state index contributed by atoms with van der Waals surface area (Å²) < 4.78 is 27.2. The highest BCUT2D eigenvalue weighted by molar-refractivity contribution is 7.89. The highest BCUT2D eigenvalue weighted by atomic mass is 32.2. The Kier molecular flexibility index (Phi) is 4.62. The molecule has 0 bridgehead atoms. The molecule has 0 radical (unpaired) electrons. The lowest BCUT2D eigenvalue weighted by molar-refractivity contribution is 0.0640. The van der Waals surface area contributed by atoms with Crippen LogP contribution in [0.25, 0.3) is 0 Å². The maximum absolute atomic E-state index is 12.4. The molecule has 0 atom stereocenters. The molecule has 0 aliphatic heterocycles. The summed E-state index contributed by atoms with van der Waals surface area (Å²) in [6, 6.07) is 1.31. The average Bonchev–Trinajstić information content (AvgIpc) is 2.68. The molecule has 7 nitrogen and oxygen atoms in total. The van der Waals surface area contributed by atoms with Crippen molar-refractivity contribution in [2.45, 2.75) is 24.3 Å². The van der Waals surface area contributed by atoms with Gasteiger partial charge in [0.25, 0.3) is 5.91 Å². The van der Waals surface area contributed by atoms with Gasteiger partial charge in [0.1, 0.15) is 10.6 Å². The van der Waals surface area contributed by atoms with Crippen molar-refractivity contribution >= 4 is 15.9 Å². The van der Waals surface area contributed by atoms with Gasteiger partial charge in [-0.2, -0.15) is 4.31 Å². The molecule has 0 spiro atoms. The highest BCUT2D eigenvalue weighted by Gasteiger charge is 2.28. The van der Waals surface area contributed by atoms with Crippen LogP contribution in [0, 0.1) is 0 Å². The van der Waals surface area contributed by atoms with Crippen LogP contribution < -0.4 is 5.32 Å². The zero-order valence-electron chi connectivity index (χ0n) is 12.3. The maximum Gasteiger partial charge on any atom is 0.267 e. The lowest BCUT2D eigenvalue weighted by Crippen LogP contribution is -2.39. The summed E-state index contributed by atoms with van der Waals surface area (Å²) in [5.41, 5.74) is -0.886. The van der Waals surface area contributed by atoms with Crippen LogP contribution in [-0.2, 0) is 17.1 Å². The summed E-state index contributed by atoms with van der Waals surface area (Å²) in [6.07, 6.45) is 1.38. The Hall–Kier alpha value is -1.38. The van der Waals surface area contributed by atoms with Crippen molar-refractivity contribution in [3.05, 3.63) is 18.0 Å². The van der Waals surface area contributed by atoms with Crippen molar-refractivity contribution < 1.29 is 18.3 Å². The zero-order chi connectivity index (χ0) is 15.7. The van der Waals surface area contributed by atoms with Gasteiger partial charge in [-0.25, -0.2) is 8.42 Å². The van der Waals surface area contributed by atoms with Gasteiger partial charge in [0.05, 0.1) is 5.60 Å². The normalized spacial score (nSPS) is 12.8. The number of hydrogen-bond acceptors (Lipinski definition) is 4. The number of nitrogens with zero attached hydrogens (tertiary/aromatic N) is 2. The van der Waals surface area contributed by atoms with Gasteiger partial charge in [0, 0.05) is 33.9 Å². The number of carbonyl (C=O) groups excluding carboxylic acids is 1. The van der Waals surface area contributed by atoms with Gasteiger partial charge in [-0.3, -0.25) is 4.79 Å². The number of hydrogen-bond donors (Lipinski definition) is 2. The molecule has 8 heteroatoms. The molecule has 0 aliphatic carbocycles. The summed E-state index contributed by atoms with van der Waals surface area (Å²) in [6.45, 7) is 3.01. The lowest BCUT2D eigenvalue weighted by Gasteiger charge is -2.24. The molecule has 1 heterocycles. The molecule has 20 heavy (non-hydrogen) atoms. The van der Waals surface area contributed by atoms with Gasteiger partial charge >= 0.3 is 0 Å². The molecule has 0 fully saturated rings. The van der Waals surface area contributed by atoms with Gasteiger partial charge in [-0.05, 0) is 19.9 Å². The fourth-order valence-corrected chi connectivity index (χ4v) is 3.24. The van der Waals surface area contributed by atoms with Crippen molar-refractivity contribution in [2.24, 2.45) is 7.05 Å². The van der Waals surface area contributed by atoms with Crippen molar-refractivity contribution in [3.8, 4) is 0 Å². The van der Waals surface area contributed by atoms with Gasteiger partial charge in [0.2, 0.25) is 10.0 Å². The minimum atomic E-state index is -3.74. The first kappa shape index (κ1) is 16.7. The van der Waals surface area contributed by atoms with E-state index in [1.807, 2.05) is 0 Å². The Labute approximate surface area is 119 Å². The number of aromatic nitrogens is 1. The number of aliphatic hydroxyl groups is 1. The lowest BCUT2D eigenvalue weighted by atomic mass is 10.1. The van der Waals surface area contributed by atoms with Crippen LogP contribution in [0.1, 0.15) is 24.3 Å². The fourth-order valence-electron chi connectivity index (χ4n) is 1.84. The first-order valence-corrected chi connectivity index (χ1v) is 7.50. The predicted molar refractivity (Wildman–Crippen MR) is 74.9 cm³/mol. The topological polar surface area (TPSA) is 91.6 Å². The third-order valence-electron chi connectivity index (χ3n) is 2.76. The monoisotopic (exact) mass is 303 g/mol. The van der Waals surface area contributed by atoms with Crippen molar-refractivity contribution in [3.63, 3.8) is 0 Å².